The van der Waals surface area contributed by atoms with Crippen LogP contribution in [0.5, 0.6) is 0 Å². The summed E-state index contributed by atoms with van der Waals surface area (Å²) in [6.07, 6.45) is 2.65. The minimum atomic E-state index is -0.910. The van der Waals surface area contributed by atoms with Crippen molar-refractivity contribution in [3.05, 3.63) is 38.4 Å². The maximum atomic E-state index is 11.9. The third kappa shape index (κ3) is 3.11. The van der Waals surface area contributed by atoms with Crippen molar-refractivity contribution < 1.29 is 14.5 Å². The van der Waals surface area contributed by atoms with E-state index in [2.05, 4.69) is 37.0 Å². The van der Waals surface area contributed by atoms with E-state index in [0.29, 0.717) is 4.47 Å². The van der Waals surface area contributed by atoms with Crippen molar-refractivity contribution >= 4 is 33.4 Å². The van der Waals surface area contributed by atoms with E-state index in [1.54, 1.807) is 13.2 Å². The lowest BCUT2D eigenvalue weighted by Gasteiger charge is -2.04. The summed E-state index contributed by atoms with van der Waals surface area (Å²) >= 11 is 3.14. The lowest BCUT2D eigenvalue weighted by Crippen LogP contribution is -2.42. The Kier molecular flexibility index (Phi) is 4.21. The molecule has 0 fully saturated rings. The van der Waals surface area contributed by atoms with E-state index in [9.17, 15) is 19.7 Å². The normalized spacial score (nSPS) is 10.3. The van der Waals surface area contributed by atoms with Crippen LogP contribution in [0.3, 0.4) is 0 Å². The van der Waals surface area contributed by atoms with Crippen LogP contribution in [-0.2, 0) is 14.1 Å². The number of nitro groups is 1. The number of halogens is 1. The van der Waals surface area contributed by atoms with Gasteiger partial charge in [0.15, 0.2) is 5.69 Å². The van der Waals surface area contributed by atoms with E-state index in [4.69, 9.17) is 0 Å². The van der Waals surface area contributed by atoms with Gasteiger partial charge in [-0.1, -0.05) is 0 Å². The number of carbonyl (C=O) groups is 2. The fraction of sp³-hybridized carbons (Fsp3) is 0.200. The molecular weight excluding hydrogens is 362 g/mol. The Morgan fingerprint density at radius 2 is 1.64 bits per heavy atom. The zero-order valence-corrected chi connectivity index (χ0v) is 13.0. The SMILES string of the molecule is Cn1cc(Br)c(C(=O)NNC(=O)c2nn(C)cc2[N+](=O)[O-])n1. The Bertz CT molecular complexity index is 765. The highest BCUT2D eigenvalue weighted by molar-refractivity contribution is 9.10. The lowest BCUT2D eigenvalue weighted by atomic mass is 10.3. The number of hydrazine groups is 1. The van der Waals surface area contributed by atoms with Crippen LogP contribution in [-0.4, -0.2) is 36.3 Å². The number of rotatable bonds is 3. The Morgan fingerprint density at radius 3 is 2.14 bits per heavy atom. The van der Waals surface area contributed by atoms with Gasteiger partial charge < -0.3 is 0 Å². The quantitative estimate of drug-likeness (QED) is 0.570. The van der Waals surface area contributed by atoms with Crippen LogP contribution >= 0.6 is 15.9 Å². The second kappa shape index (κ2) is 5.93. The van der Waals surface area contributed by atoms with Crippen molar-refractivity contribution in [1.29, 1.82) is 0 Å². The minimum Gasteiger partial charge on any atom is -0.274 e. The number of carbonyl (C=O) groups excluding carboxylic acids is 2. The first-order valence-corrected chi connectivity index (χ1v) is 6.56. The highest BCUT2D eigenvalue weighted by Crippen LogP contribution is 2.16. The molecule has 0 spiro atoms. The van der Waals surface area contributed by atoms with Crippen LogP contribution < -0.4 is 10.9 Å². The van der Waals surface area contributed by atoms with Gasteiger partial charge in [0.25, 0.3) is 11.8 Å². The topological polar surface area (TPSA) is 137 Å². The predicted octanol–water partition coefficient (Wildman–Crippen LogP) is -0.101. The van der Waals surface area contributed by atoms with E-state index in [1.807, 2.05) is 0 Å². The molecule has 0 aliphatic heterocycles. The molecule has 2 rings (SSSR count). The number of hydrogen-bond donors (Lipinski definition) is 2. The minimum absolute atomic E-state index is 0.0540. The van der Waals surface area contributed by atoms with Gasteiger partial charge >= 0.3 is 5.69 Å². The summed E-state index contributed by atoms with van der Waals surface area (Å²) in [6.45, 7) is 0. The second-order valence-electron chi connectivity index (χ2n) is 4.20. The Morgan fingerprint density at radius 1 is 1.14 bits per heavy atom. The molecular formula is C10H10BrN7O4. The fourth-order valence-electron chi connectivity index (χ4n) is 1.62. The zero-order valence-electron chi connectivity index (χ0n) is 11.4. The standard InChI is InChI=1S/C10H10BrN7O4/c1-16-3-5(11)7(14-16)9(19)12-13-10(20)8-6(18(21)22)4-17(2)15-8/h3-4H,1-2H3,(H,12,19)(H,13,20). The summed E-state index contributed by atoms with van der Waals surface area (Å²) in [5.41, 5.74) is 3.34. The van der Waals surface area contributed by atoms with Gasteiger partial charge in [-0.15, -0.1) is 0 Å². The van der Waals surface area contributed by atoms with Crippen molar-refractivity contribution in [3.63, 3.8) is 0 Å². The van der Waals surface area contributed by atoms with E-state index in [1.165, 1.54) is 11.7 Å². The van der Waals surface area contributed by atoms with Gasteiger partial charge in [-0.3, -0.25) is 39.9 Å². The zero-order chi connectivity index (χ0) is 16.4. The van der Waals surface area contributed by atoms with E-state index in [0.717, 1.165) is 10.9 Å². The second-order valence-corrected chi connectivity index (χ2v) is 5.06. The molecule has 0 aliphatic rings. The number of aromatic nitrogens is 4. The molecule has 2 heterocycles. The fourth-order valence-corrected chi connectivity index (χ4v) is 2.17. The summed E-state index contributed by atoms with van der Waals surface area (Å²) in [5.74, 6) is -1.59. The van der Waals surface area contributed by atoms with Crippen LogP contribution in [0.15, 0.2) is 16.9 Å². The number of nitrogens with one attached hydrogen (secondary N) is 2. The molecule has 11 nitrogen and oxygen atoms in total. The van der Waals surface area contributed by atoms with Crippen LogP contribution in [0.25, 0.3) is 0 Å². The van der Waals surface area contributed by atoms with Crippen LogP contribution in [0.2, 0.25) is 0 Å². The molecule has 0 bridgehead atoms. The summed E-state index contributed by atoms with van der Waals surface area (Å²) < 4.78 is 2.97. The van der Waals surface area contributed by atoms with Crippen molar-refractivity contribution in [1.82, 2.24) is 30.4 Å². The van der Waals surface area contributed by atoms with Gasteiger partial charge in [-0.05, 0) is 15.9 Å². The molecule has 0 aromatic carbocycles. The third-order valence-electron chi connectivity index (χ3n) is 2.51. The van der Waals surface area contributed by atoms with Crippen LogP contribution in [0.1, 0.15) is 21.0 Å². The molecule has 2 amide bonds. The summed E-state index contributed by atoms with van der Waals surface area (Å²) in [5, 5.41) is 18.4. The summed E-state index contributed by atoms with van der Waals surface area (Å²) in [6, 6.07) is 0. The molecule has 12 heteroatoms. The Hall–Kier alpha value is -2.76. The Labute approximate surface area is 131 Å². The number of hydrogen-bond acceptors (Lipinski definition) is 6. The lowest BCUT2D eigenvalue weighted by molar-refractivity contribution is -0.385. The molecule has 0 saturated carbocycles. The first kappa shape index (κ1) is 15.6. The smallest absolute Gasteiger partial charge is 0.274 e. The molecule has 2 aromatic rings. The van der Waals surface area contributed by atoms with E-state index >= 15 is 0 Å². The molecule has 0 unspecified atom stereocenters. The van der Waals surface area contributed by atoms with Gasteiger partial charge in [-0.25, -0.2) is 0 Å². The highest BCUT2D eigenvalue weighted by Gasteiger charge is 2.25. The van der Waals surface area contributed by atoms with Crippen molar-refractivity contribution in [3.8, 4) is 0 Å². The average molecular weight is 372 g/mol. The van der Waals surface area contributed by atoms with Crippen molar-refractivity contribution in [2.45, 2.75) is 0 Å². The molecule has 22 heavy (non-hydrogen) atoms. The first-order chi connectivity index (χ1) is 10.3. The molecule has 2 aromatic heterocycles. The molecule has 2 N–H and O–H groups in total. The molecule has 0 radical (unpaired) electrons. The van der Waals surface area contributed by atoms with Gasteiger partial charge in [0.1, 0.15) is 6.20 Å². The van der Waals surface area contributed by atoms with Gasteiger partial charge in [0, 0.05) is 20.3 Å². The average Bonchev–Trinajstić information content (AvgIpc) is 2.98. The molecule has 0 atom stereocenters. The van der Waals surface area contributed by atoms with E-state index in [-0.39, 0.29) is 5.69 Å². The monoisotopic (exact) mass is 371 g/mol. The van der Waals surface area contributed by atoms with Gasteiger partial charge in [-0.2, -0.15) is 10.2 Å². The van der Waals surface area contributed by atoms with Gasteiger partial charge in [0.05, 0.1) is 9.40 Å². The maximum Gasteiger partial charge on any atom is 0.320 e. The molecule has 0 saturated heterocycles. The van der Waals surface area contributed by atoms with Crippen molar-refractivity contribution in [2.75, 3.05) is 0 Å². The first-order valence-electron chi connectivity index (χ1n) is 5.77. The largest absolute Gasteiger partial charge is 0.320 e. The highest BCUT2D eigenvalue weighted by atomic mass is 79.9. The predicted molar refractivity (Wildman–Crippen MR) is 75.7 cm³/mol. The van der Waals surface area contributed by atoms with Crippen LogP contribution in [0, 0.1) is 10.1 Å². The summed E-state index contributed by atoms with van der Waals surface area (Å²) in [7, 11) is 3.06. The number of amides is 2. The molecule has 116 valence electrons. The number of aryl methyl sites for hydroxylation is 2. The van der Waals surface area contributed by atoms with Gasteiger partial charge in [0.2, 0.25) is 5.69 Å². The molecule has 0 aliphatic carbocycles. The summed E-state index contributed by atoms with van der Waals surface area (Å²) in [4.78, 5) is 33.8. The van der Waals surface area contributed by atoms with E-state index < -0.39 is 28.1 Å². The van der Waals surface area contributed by atoms with Crippen molar-refractivity contribution in [2.24, 2.45) is 14.1 Å². The third-order valence-corrected chi connectivity index (χ3v) is 3.09. The maximum absolute atomic E-state index is 11.9. The Balaban J connectivity index is 2.09. The number of nitrogens with zero attached hydrogens (tertiary/aromatic N) is 5. The van der Waals surface area contributed by atoms with Crippen LogP contribution in [0.4, 0.5) is 5.69 Å².